The van der Waals surface area contributed by atoms with E-state index in [1.807, 2.05) is 48.5 Å². The highest BCUT2D eigenvalue weighted by Gasteiger charge is 2.19. The topological polar surface area (TPSA) is 47.0 Å². The first-order valence-corrected chi connectivity index (χ1v) is 9.21. The summed E-state index contributed by atoms with van der Waals surface area (Å²) in [7, 11) is 0. The summed E-state index contributed by atoms with van der Waals surface area (Å²) in [5.74, 6) is 0.529. The molecule has 4 rings (SSSR count). The summed E-state index contributed by atoms with van der Waals surface area (Å²) in [5, 5.41) is 4.65. The van der Waals surface area contributed by atoms with Gasteiger partial charge in [0.15, 0.2) is 0 Å². The molecule has 132 valence electrons. The minimum Gasteiger partial charge on any atom is -0.472 e. The van der Waals surface area contributed by atoms with Gasteiger partial charge in [0.2, 0.25) is 5.88 Å². The van der Waals surface area contributed by atoms with Gasteiger partial charge >= 0.3 is 0 Å². The van der Waals surface area contributed by atoms with E-state index in [0.29, 0.717) is 15.9 Å². The van der Waals surface area contributed by atoms with Crippen LogP contribution in [0.3, 0.4) is 0 Å². The van der Waals surface area contributed by atoms with Gasteiger partial charge in [-0.15, -0.1) is 0 Å². The standard InChI is InChI=1S/C20H17Cl2N3O/c21-15-5-1-13(2-6-15)19-20(14-3-7-16(22)8-4-14)25-18(12-24-19)26-17-9-10-23-11-17/h1-8,12,17,23H,9-11H2. The van der Waals surface area contributed by atoms with Gasteiger partial charge in [0, 0.05) is 27.7 Å². The number of nitrogens with one attached hydrogen (secondary N) is 1. The molecule has 1 fully saturated rings. The molecular weight excluding hydrogens is 369 g/mol. The van der Waals surface area contributed by atoms with Crippen LogP contribution in [0.5, 0.6) is 5.88 Å². The van der Waals surface area contributed by atoms with E-state index in [4.69, 9.17) is 32.9 Å². The molecule has 4 nitrogen and oxygen atoms in total. The fraction of sp³-hybridized carbons (Fsp3) is 0.200. The zero-order chi connectivity index (χ0) is 17.9. The van der Waals surface area contributed by atoms with Crippen LogP contribution in [0.1, 0.15) is 6.42 Å². The van der Waals surface area contributed by atoms with E-state index in [2.05, 4.69) is 10.3 Å². The third kappa shape index (κ3) is 3.83. The van der Waals surface area contributed by atoms with Crippen molar-refractivity contribution in [2.24, 2.45) is 0 Å². The van der Waals surface area contributed by atoms with Crippen molar-refractivity contribution in [1.82, 2.24) is 15.3 Å². The molecule has 1 unspecified atom stereocenters. The van der Waals surface area contributed by atoms with E-state index < -0.39 is 0 Å². The largest absolute Gasteiger partial charge is 0.472 e. The molecular formula is C20H17Cl2N3O. The SMILES string of the molecule is Clc1ccc(-c2ncc(OC3CCNC3)nc2-c2ccc(Cl)cc2)cc1. The van der Waals surface area contributed by atoms with Crippen LogP contribution in [0.4, 0.5) is 0 Å². The first-order chi connectivity index (χ1) is 12.7. The van der Waals surface area contributed by atoms with Gasteiger partial charge in [-0.2, -0.15) is 0 Å². The highest BCUT2D eigenvalue weighted by Crippen LogP contribution is 2.32. The van der Waals surface area contributed by atoms with Crippen LogP contribution in [0, 0.1) is 0 Å². The number of nitrogens with zero attached hydrogens (tertiary/aromatic N) is 2. The number of ether oxygens (including phenoxy) is 1. The highest BCUT2D eigenvalue weighted by molar-refractivity contribution is 6.31. The Morgan fingerprint density at radius 2 is 1.50 bits per heavy atom. The lowest BCUT2D eigenvalue weighted by molar-refractivity contribution is 0.213. The van der Waals surface area contributed by atoms with Gasteiger partial charge in [-0.1, -0.05) is 47.5 Å². The number of rotatable bonds is 4. The Hall–Kier alpha value is -2.14. The molecule has 1 N–H and O–H groups in total. The van der Waals surface area contributed by atoms with Crippen LogP contribution < -0.4 is 10.1 Å². The number of hydrogen-bond acceptors (Lipinski definition) is 4. The van der Waals surface area contributed by atoms with Crippen molar-refractivity contribution in [3.05, 3.63) is 64.8 Å². The minimum atomic E-state index is 0.128. The Kier molecular flexibility index (Phi) is 5.07. The summed E-state index contributed by atoms with van der Waals surface area (Å²) in [6, 6.07) is 15.1. The number of halogens is 2. The van der Waals surface area contributed by atoms with Crippen LogP contribution in [0.2, 0.25) is 10.0 Å². The monoisotopic (exact) mass is 385 g/mol. The van der Waals surface area contributed by atoms with Gasteiger partial charge in [0.1, 0.15) is 11.8 Å². The van der Waals surface area contributed by atoms with Crippen molar-refractivity contribution < 1.29 is 4.74 Å². The third-order valence-electron chi connectivity index (χ3n) is 4.29. The maximum absolute atomic E-state index is 6.04. The predicted octanol–water partition coefficient (Wildman–Crippen LogP) is 4.86. The molecule has 1 aliphatic rings. The lowest BCUT2D eigenvalue weighted by Crippen LogP contribution is -2.20. The minimum absolute atomic E-state index is 0.128. The maximum atomic E-state index is 6.04. The van der Waals surface area contributed by atoms with Gasteiger partial charge in [0.25, 0.3) is 0 Å². The van der Waals surface area contributed by atoms with E-state index in [1.165, 1.54) is 0 Å². The summed E-state index contributed by atoms with van der Waals surface area (Å²) in [6.45, 7) is 1.79. The smallest absolute Gasteiger partial charge is 0.233 e. The summed E-state index contributed by atoms with van der Waals surface area (Å²) in [6.07, 6.45) is 2.78. The Bertz CT molecular complexity index is 892. The lowest BCUT2D eigenvalue weighted by Gasteiger charge is -2.14. The third-order valence-corrected chi connectivity index (χ3v) is 4.79. The second-order valence-corrected chi connectivity index (χ2v) is 7.02. The summed E-state index contributed by atoms with van der Waals surface area (Å²) in [5.41, 5.74) is 3.41. The molecule has 0 radical (unpaired) electrons. The van der Waals surface area contributed by atoms with Crippen LogP contribution in [-0.4, -0.2) is 29.2 Å². The molecule has 2 aromatic carbocycles. The van der Waals surface area contributed by atoms with E-state index in [9.17, 15) is 0 Å². The van der Waals surface area contributed by atoms with Crippen LogP contribution in [-0.2, 0) is 0 Å². The summed E-state index contributed by atoms with van der Waals surface area (Å²) >= 11 is 12.1. The van der Waals surface area contributed by atoms with Gasteiger partial charge in [0.05, 0.1) is 11.9 Å². The molecule has 1 aromatic heterocycles. The molecule has 0 spiro atoms. The van der Waals surface area contributed by atoms with Crippen molar-refractivity contribution >= 4 is 23.2 Å². The van der Waals surface area contributed by atoms with Crippen molar-refractivity contribution in [3.63, 3.8) is 0 Å². The molecule has 6 heteroatoms. The Morgan fingerprint density at radius 3 is 2.08 bits per heavy atom. The van der Waals surface area contributed by atoms with Crippen molar-refractivity contribution in [2.45, 2.75) is 12.5 Å². The van der Waals surface area contributed by atoms with Gasteiger partial charge < -0.3 is 10.1 Å². The molecule has 0 bridgehead atoms. The average molecular weight is 386 g/mol. The Morgan fingerprint density at radius 1 is 0.885 bits per heavy atom. The summed E-state index contributed by atoms with van der Waals surface area (Å²) in [4.78, 5) is 9.38. The number of benzene rings is 2. The molecule has 3 aromatic rings. The van der Waals surface area contributed by atoms with Crippen molar-refractivity contribution in [2.75, 3.05) is 13.1 Å². The second-order valence-electron chi connectivity index (χ2n) is 6.15. The maximum Gasteiger partial charge on any atom is 0.233 e. The first kappa shape index (κ1) is 17.3. The quantitative estimate of drug-likeness (QED) is 0.696. The first-order valence-electron chi connectivity index (χ1n) is 8.45. The van der Waals surface area contributed by atoms with E-state index in [-0.39, 0.29) is 6.10 Å². The van der Waals surface area contributed by atoms with Crippen LogP contribution in [0.25, 0.3) is 22.5 Å². The fourth-order valence-electron chi connectivity index (χ4n) is 2.96. The summed E-state index contributed by atoms with van der Waals surface area (Å²) < 4.78 is 5.99. The molecule has 2 heterocycles. The predicted molar refractivity (Wildman–Crippen MR) is 105 cm³/mol. The molecule has 0 amide bonds. The van der Waals surface area contributed by atoms with Crippen LogP contribution >= 0.6 is 23.2 Å². The average Bonchev–Trinajstić information content (AvgIpc) is 3.16. The molecule has 0 saturated carbocycles. The lowest BCUT2D eigenvalue weighted by atomic mass is 10.0. The van der Waals surface area contributed by atoms with Crippen molar-refractivity contribution in [3.8, 4) is 28.4 Å². The molecule has 1 aliphatic heterocycles. The zero-order valence-corrected chi connectivity index (χ0v) is 15.5. The van der Waals surface area contributed by atoms with Crippen LogP contribution in [0.15, 0.2) is 54.7 Å². The van der Waals surface area contributed by atoms with Gasteiger partial charge in [-0.25, -0.2) is 9.97 Å². The molecule has 1 atom stereocenters. The van der Waals surface area contributed by atoms with Gasteiger partial charge in [-0.3, -0.25) is 0 Å². The Balaban J connectivity index is 1.76. The number of hydrogen-bond donors (Lipinski definition) is 1. The second kappa shape index (κ2) is 7.62. The molecule has 1 saturated heterocycles. The fourth-order valence-corrected chi connectivity index (χ4v) is 3.21. The van der Waals surface area contributed by atoms with E-state index in [1.54, 1.807) is 6.20 Å². The number of aromatic nitrogens is 2. The highest BCUT2D eigenvalue weighted by atomic mass is 35.5. The normalized spacial score (nSPS) is 16.6. The Labute approximate surface area is 162 Å². The van der Waals surface area contributed by atoms with E-state index >= 15 is 0 Å². The molecule has 0 aliphatic carbocycles. The molecule has 26 heavy (non-hydrogen) atoms. The van der Waals surface area contributed by atoms with E-state index in [0.717, 1.165) is 42.0 Å². The van der Waals surface area contributed by atoms with Crippen molar-refractivity contribution in [1.29, 1.82) is 0 Å². The van der Waals surface area contributed by atoms with Gasteiger partial charge in [-0.05, 0) is 37.2 Å². The zero-order valence-electron chi connectivity index (χ0n) is 14.0.